The number of benzene rings is 2. The van der Waals surface area contributed by atoms with E-state index >= 15 is 0 Å². The molecule has 4 aromatic rings. The Hall–Kier alpha value is -3.26. The van der Waals surface area contributed by atoms with E-state index in [0.717, 1.165) is 16.8 Å². The zero-order chi connectivity index (χ0) is 24.1. The Morgan fingerprint density at radius 3 is 2.56 bits per heavy atom. The predicted octanol–water partition coefficient (Wildman–Crippen LogP) is 5.28. The number of hydrogen-bond acceptors (Lipinski definition) is 4. The summed E-state index contributed by atoms with van der Waals surface area (Å²) in [5.74, 6) is -0.566. The van der Waals surface area contributed by atoms with Crippen molar-refractivity contribution in [2.75, 3.05) is 0 Å². The molecule has 0 fully saturated rings. The molecule has 0 aliphatic rings. The minimum absolute atomic E-state index is 0.162. The smallest absolute Gasteiger partial charge is 0.279 e. The fraction of sp³-hybridized carbons (Fsp3) is 0.120. The van der Waals surface area contributed by atoms with E-state index in [0.29, 0.717) is 39.1 Å². The van der Waals surface area contributed by atoms with Gasteiger partial charge in [0.1, 0.15) is 0 Å². The summed E-state index contributed by atoms with van der Waals surface area (Å²) in [6.45, 7) is 2.84. The third kappa shape index (κ3) is 5.80. The number of hydrogen-bond donors (Lipinski definition) is 1. The third-order valence-corrected chi connectivity index (χ3v) is 6.81. The summed E-state index contributed by atoms with van der Waals surface area (Å²) < 4.78 is 1.94. The standard InChI is InChI=1S/C25H20Cl2N4O2S/c1-16-15-34-25(30-24(33)20-5-6-21(26)22(27)12-20)31(16)14-18-3-2-4-19(11-18)23(32)29-13-17-7-9-28-10-8-17/h2-12,15H,13-14H2,1H3,(H,29,32). The average molecular weight is 511 g/mol. The van der Waals surface area contributed by atoms with Gasteiger partial charge in [0, 0.05) is 41.1 Å². The molecule has 2 aromatic heterocycles. The lowest BCUT2D eigenvalue weighted by molar-refractivity contribution is 0.0949. The summed E-state index contributed by atoms with van der Waals surface area (Å²) >= 11 is 13.4. The Bertz CT molecular complexity index is 1410. The largest absolute Gasteiger partial charge is 0.348 e. The van der Waals surface area contributed by atoms with Crippen LogP contribution in [0.25, 0.3) is 0 Å². The van der Waals surface area contributed by atoms with Gasteiger partial charge in [0.15, 0.2) is 4.80 Å². The molecule has 0 aliphatic carbocycles. The second-order valence-corrected chi connectivity index (χ2v) is 9.18. The van der Waals surface area contributed by atoms with Gasteiger partial charge in [0.25, 0.3) is 11.8 Å². The van der Waals surface area contributed by atoms with E-state index in [2.05, 4.69) is 15.3 Å². The molecule has 2 heterocycles. The number of amides is 2. The van der Waals surface area contributed by atoms with Crippen molar-refractivity contribution in [3.8, 4) is 0 Å². The van der Waals surface area contributed by atoms with Crippen LogP contribution >= 0.6 is 34.5 Å². The van der Waals surface area contributed by atoms with Crippen molar-refractivity contribution in [2.45, 2.75) is 20.0 Å². The van der Waals surface area contributed by atoms with Gasteiger partial charge in [-0.15, -0.1) is 11.3 Å². The molecule has 0 atom stereocenters. The fourth-order valence-electron chi connectivity index (χ4n) is 3.25. The van der Waals surface area contributed by atoms with Crippen molar-refractivity contribution in [1.29, 1.82) is 0 Å². The van der Waals surface area contributed by atoms with Gasteiger partial charge in [-0.3, -0.25) is 14.6 Å². The van der Waals surface area contributed by atoms with E-state index in [4.69, 9.17) is 23.2 Å². The number of nitrogens with one attached hydrogen (secondary N) is 1. The topological polar surface area (TPSA) is 76.3 Å². The van der Waals surface area contributed by atoms with Crippen molar-refractivity contribution in [3.05, 3.63) is 115 Å². The normalized spacial score (nSPS) is 11.4. The number of pyridine rings is 1. The van der Waals surface area contributed by atoms with Gasteiger partial charge in [0.05, 0.1) is 16.6 Å². The highest BCUT2D eigenvalue weighted by atomic mass is 35.5. The minimum Gasteiger partial charge on any atom is -0.348 e. The molecule has 34 heavy (non-hydrogen) atoms. The van der Waals surface area contributed by atoms with Crippen molar-refractivity contribution in [3.63, 3.8) is 0 Å². The second-order valence-electron chi connectivity index (χ2n) is 7.53. The fourth-order valence-corrected chi connectivity index (χ4v) is 4.43. The summed E-state index contributed by atoms with van der Waals surface area (Å²) in [7, 11) is 0. The van der Waals surface area contributed by atoms with Gasteiger partial charge in [-0.2, -0.15) is 4.99 Å². The number of nitrogens with zero attached hydrogens (tertiary/aromatic N) is 3. The molecule has 0 bridgehead atoms. The first-order valence-electron chi connectivity index (χ1n) is 10.4. The molecule has 172 valence electrons. The molecule has 0 unspecified atom stereocenters. The van der Waals surface area contributed by atoms with E-state index in [1.807, 2.05) is 47.2 Å². The third-order valence-electron chi connectivity index (χ3n) is 5.09. The number of carbonyl (C=O) groups is 2. The highest BCUT2D eigenvalue weighted by molar-refractivity contribution is 7.07. The number of halogens is 2. The van der Waals surface area contributed by atoms with E-state index < -0.39 is 5.91 Å². The van der Waals surface area contributed by atoms with Crippen LogP contribution in [0.1, 0.15) is 37.5 Å². The molecule has 2 amide bonds. The Labute approximate surface area is 210 Å². The van der Waals surface area contributed by atoms with E-state index in [9.17, 15) is 9.59 Å². The summed E-state index contributed by atoms with van der Waals surface area (Å²) in [5, 5.41) is 5.54. The van der Waals surface area contributed by atoms with Crippen LogP contribution in [0.5, 0.6) is 0 Å². The van der Waals surface area contributed by atoms with Crippen LogP contribution in [-0.4, -0.2) is 21.4 Å². The number of aryl methyl sites for hydroxylation is 1. The number of thiazole rings is 1. The van der Waals surface area contributed by atoms with Crippen molar-refractivity contribution in [2.24, 2.45) is 4.99 Å². The number of carbonyl (C=O) groups excluding carboxylic acids is 2. The quantitative estimate of drug-likeness (QED) is 0.383. The maximum Gasteiger partial charge on any atom is 0.279 e. The minimum atomic E-state index is -0.404. The second kappa shape index (κ2) is 10.8. The lowest BCUT2D eigenvalue weighted by Crippen LogP contribution is -2.23. The highest BCUT2D eigenvalue weighted by Crippen LogP contribution is 2.23. The van der Waals surface area contributed by atoms with Crippen LogP contribution in [0.2, 0.25) is 10.0 Å². The lowest BCUT2D eigenvalue weighted by Gasteiger charge is -2.09. The number of rotatable bonds is 6. The molecule has 4 rings (SSSR count). The Morgan fingerprint density at radius 2 is 1.79 bits per heavy atom. The van der Waals surface area contributed by atoms with Crippen molar-refractivity contribution in [1.82, 2.24) is 14.9 Å². The number of aromatic nitrogens is 2. The molecule has 2 aromatic carbocycles. The van der Waals surface area contributed by atoms with Gasteiger partial charge < -0.3 is 9.88 Å². The van der Waals surface area contributed by atoms with Crippen LogP contribution in [0.15, 0.2) is 77.4 Å². The monoisotopic (exact) mass is 510 g/mol. The first-order chi connectivity index (χ1) is 16.4. The molecule has 0 aliphatic heterocycles. The summed E-state index contributed by atoms with van der Waals surface area (Å²) in [6, 6.07) is 15.8. The van der Waals surface area contributed by atoms with Gasteiger partial charge in [-0.05, 0) is 60.5 Å². The Kier molecular flexibility index (Phi) is 7.57. The van der Waals surface area contributed by atoms with Crippen LogP contribution in [-0.2, 0) is 13.1 Å². The molecule has 0 radical (unpaired) electrons. The molecular weight excluding hydrogens is 491 g/mol. The van der Waals surface area contributed by atoms with E-state index in [1.165, 1.54) is 17.4 Å². The van der Waals surface area contributed by atoms with E-state index in [1.54, 1.807) is 30.6 Å². The van der Waals surface area contributed by atoms with Crippen LogP contribution < -0.4 is 10.1 Å². The molecule has 6 nitrogen and oxygen atoms in total. The maximum atomic E-state index is 12.7. The van der Waals surface area contributed by atoms with Crippen molar-refractivity contribution < 1.29 is 9.59 Å². The van der Waals surface area contributed by atoms with E-state index in [-0.39, 0.29) is 5.91 Å². The average Bonchev–Trinajstić information content (AvgIpc) is 3.18. The molecule has 0 saturated carbocycles. The predicted molar refractivity (Wildman–Crippen MR) is 134 cm³/mol. The summed E-state index contributed by atoms with van der Waals surface area (Å²) in [4.78, 5) is 34.2. The molecule has 0 saturated heterocycles. The highest BCUT2D eigenvalue weighted by Gasteiger charge is 2.11. The lowest BCUT2D eigenvalue weighted by atomic mass is 10.1. The molecule has 1 N–H and O–H groups in total. The SMILES string of the molecule is Cc1csc(=NC(=O)c2ccc(Cl)c(Cl)c2)n1Cc1cccc(C(=O)NCc2ccncc2)c1. The zero-order valence-corrected chi connectivity index (χ0v) is 20.5. The molecule has 0 spiro atoms. The van der Waals surface area contributed by atoms with Gasteiger partial charge in [0.2, 0.25) is 0 Å². The van der Waals surface area contributed by atoms with Gasteiger partial charge in [-0.1, -0.05) is 35.3 Å². The summed E-state index contributed by atoms with van der Waals surface area (Å²) in [6.07, 6.45) is 3.38. The molecule has 9 heteroatoms. The maximum absolute atomic E-state index is 12.7. The van der Waals surface area contributed by atoms with Crippen LogP contribution in [0, 0.1) is 6.92 Å². The van der Waals surface area contributed by atoms with Crippen LogP contribution in [0.4, 0.5) is 0 Å². The van der Waals surface area contributed by atoms with Gasteiger partial charge in [-0.25, -0.2) is 0 Å². The zero-order valence-electron chi connectivity index (χ0n) is 18.2. The Balaban J connectivity index is 1.53. The molecular formula is C25H20Cl2N4O2S. The summed E-state index contributed by atoms with van der Waals surface area (Å²) in [5.41, 5.74) is 3.77. The van der Waals surface area contributed by atoms with Gasteiger partial charge >= 0.3 is 0 Å². The first-order valence-corrected chi connectivity index (χ1v) is 12.0. The van der Waals surface area contributed by atoms with Crippen molar-refractivity contribution >= 4 is 46.4 Å². The van der Waals surface area contributed by atoms with Crippen LogP contribution in [0.3, 0.4) is 0 Å². The first kappa shape index (κ1) is 23.9. The Morgan fingerprint density at radius 1 is 1.00 bits per heavy atom.